The largest absolute Gasteiger partial charge is 0.321 e. The number of hydrogen-bond donors (Lipinski definition) is 1. The molecule has 0 saturated heterocycles. The van der Waals surface area contributed by atoms with Gasteiger partial charge in [0.05, 0.1) is 16.2 Å². The van der Waals surface area contributed by atoms with E-state index in [0.29, 0.717) is 16.8 Å². The number of nitro groups is 1. The van der Waals surface area contributed by atoms with E-state index >= 15 is 0 Å². The fourth-order valence-electron chi connectivity index (χ4n) is 1.83. The highest BCUT2D eigenvalue weighted by Crippen LogP contribution is 2.21. The lowest BCUT2D eigenvalue weighted by Gasteiger charge is -2.07. The van der Waals surface area contributed by atoms with Gasteiger partial charge in [-0.05, 0) is 25.1 Å². The predicted molar refractivity (Wildman–Crippen MR) is 76.9 cm³/mol. The van der Waals surface area contributed by atoms with Crippen LogP contribution in [0, 0.1) is 28.4 Å². The highest BCUT2D eigenvalue weighted by molar-refractivity contribution is 6.05. The van der Waals surface area contributed by atoms with Crippen molar-refractivity contribution in [3.63, 3.8) is 0 Å². The monoisotopic (exact) mass is 281 g/mol. The topological polar surface area (TPSA) is 96.0 Å². The summed E-state index contributed by atoms with van der Waals surface area (Å²) < 4.78 is 0. The summed E-state index contributed by atoms with van der Waals surface area (Å²) in [7, 11) is 0. The number of amides is 1. The molecule has 0 heterocycles. The Balaban J connectivity index is 2.31. The van der Waals surface area contributed by atoms with Crippen LogP contribution in [0.4, 0.5) is 11.4 Å². The molecule has 0 saturated carbocycles. The molecule has 0 radical (unpaired) electrons. The maximum Gasteiger partial charge on any atom is 0.273 e. The number of rotatable bonds is 3. The Kier molecular flexibility index (Phi) is 3.95. The number of nitriles is 1. The summed E-state index contributed by atoms with van der Waals surface area (Å²) in [5, 5.41) is 22.4. The second kappa shape index (κ2) is 5.84. The third-order valence-corrected chi connectivity index (χ3v) is 2.96. The van der Waals surface area contributed by atoms with Gasteiger partial charge < -0.3 is 5.32 Å². The Hall–Kier alpha value is -3.20. The number of carbonyl (C=O) groups excluding carboxylic acids is 1. The van der Waals surface area contributed by atoms with Crippen LogP contribution in [0.15, 0.2) is 42.5 Å². The molecular formula is C15H11N3O3. The third-order valence-electron chi connectivity index (χ3n) is 2.96. The van der Waals surface area contributed by atoms with Gasteiger partial charge in [0.25, 0.3) is 11.6 Å². The number of hydrogen-bond acceptors (Lipinski definition) is 4. The summed E-state index contributed by atoms with van der Waals surface area (Å²) in [6, 6.07) is 12.8. The SMILES string of the molecule is Cc1ccc(C(=O)Nc2ccccc2C#N)cc1[N+](=O)[O-]. The van der Waals surface area contributed by atoms with Crippen LogP contribution in [-0.2, 0) is 0 Å². The number of nitrogens with one attached hydrogen (secondary N) is 1. The molecule has 0 aliphatic carbocycles. The van der Waals surface area contributed by atoms with Crippen LogP contribution in [0.3, 0.4) is 0 Å². The van der Waals surface area contributed by atoms with Gasteiger partial charge in [-0.25, -0.2) is 0 Å². The van der Waals surface area contributed by atoms with Gasteiger partial charge in [0, 0.05) is 17.2 Å². The van der Waals surface area contributed by atoms with Crippen LogP contribution in [0.1, 0.15) is 21.5 Å². The Labute approximate surface area is 120 Å². The first-order valence-electron chi connectivity index (χ1n) is 6.08. The molecule has 6 nitrogen and oxygen atoms in total. The number of carbonyl (C=O) groups is 1. The Morgan fingerprint density at radius 1 is 1.29 bits per heavy atom. The van der Waals surface area contributed by atoms with Gasteiger partial charge in [-0.2, -0.15) is 5.26 Å². The van der Waals surface area contributed by atoms with E-state index in [2.05, 4.69) is 5.32 Å². The fourth-order valence-corrected chi connectivity index (χ4v) is 1.83. The van der Waals surface area contributed by atoms with E-state index in [1.165, 1.54) is 18.2 Å². The second-order valence-electron chi connectivity index (χ2n) is 4.37. The van der Waals surface area contributed by atoms with Gasteiger partial charge in [0.15, 0.2) is 0 Å². The average molecular weight is 281 g/mol. The molecule has 0 bridgehead atoms. The zero-order valence-electron chi connectivity index (χ0n) is 11.2. The number of para-hydroxylation sites is 1. The first kappa shape index (κ1) is 14.2. The van der Waals surface area contributed by atoms with Crippen LogP contribution >= 0.6 is 0 Å². The van der Waals surface area contributed by atoms with E-state index in [1.807, 2.05) is 6.07 Å². The molecule has 0 aliphatic rings. The second-order valence-corrected chi connectivity index (χ2v) is 4.37. The maximum atomic E-state index is 12.1. The van der Waals surface area contributed by atoms with Crippen molar-refractivity contribution in [1.82, 2.24) is 0 Å². The van der Waals surface area contributed by atoms with Crippen LogP contribution in [0.5, 0.6) is 0 Å². The van der Waals surface area contributed by atoms with Gasteiger partial charge >= 0.3 is 0 Å². The minimum Gasteiger partial charge on any atom is -0.321 e. The lowest BCUT2D eigenvalue weighted by molar-refractivity contribution is -0.385. The molecule has 2 rings (SSSR count). The molecule has 1 amide bonds. The molecule has 0 atom stereocenters. The molecule has 0 aromatic heterocycles. The molecule has 2 aromatic carbocycles. The minimum atomic E-state index is -0.532. The van der Waals surface area contributed by atoms with Crippen LogP contribution in [0.25, 0.3) is 0 Å². The summed E-state index contributed by atoms with van der Waals surface area (Å²) in [6.45, 7) is 1.60. The van der Waals surface area contributed by atoms with Crippen molar-refractivity contribution in [2.24, 2.45) is 0 Å². The smallest absolute Gasteiger partial charge is 0.273 e. The normalized spacial score (nSPS) is 9.71. The fraction of sp³-hybridized carbons (Fsp3) is 0.0667. The van der Waals surface area contributed by atoms with Crippen molar-refractivity contribution < 1.29 is 9.72 Å². The van der Waals surface area contributed by atoms with Crippen molar-refractivity contribution in [2.75, 3.05) is 5.32 Å². The van der Waals surface area contributed by atoms with Gasteiger partial charge in [-0.1, -0.05) is 18.2 Å². The number of nitro benzene ring substituents is 1. The Morgan fingerprint density at radius 2 is 2.00 bits per heavy atom. The molecule has 0 unspecified atom stereocenters. The van der Waals surface area contributed by atoms with Crippen molar-refractivity contribution in [2.45, 2.75) is 6.92 Å². The zero-order valence-corrected chi connectivity index (χ0v) is 11.2. The first-order valence-corrected chi connectivity index (χ1v) is 6.08. The number of aryl methyl sites for hydroxylation is 1. The zero-order chi connectivity index (χ0) is 15.4. The van der Waals surface area contributed by atoms with E-state index in [1.54, 1.807) is 31.2 Å². The number of anilines is 1. The summed E-state index contributed by atoms with van der Waals surface area (Å²) in [5.74, 6) is -0.499. The highest BCUT2D eigenvalue weighted by atomic mass is 16.6. The molecule has 21 heavy (non-hydrogen) atoms. The van der Waals surface area contributed by atoms with Crippen LogP contribution in [-0.4, -0.2) is 10.8 Å². The molecular weight excluding hydrogens is 270 g/mol. The van der Waals surface area contributed by atoms with E-state index < -0.39 is 10.8 Å². The quantitative estimate of drug-likeness (QED) is 0.690. The van der Waals surface area contributed by atoms with Gasteiger partial charge in [-0.3, -0.25) is 14.9 Å². The molecule has 0 spiro atoms. The van der Waals surface area contributed by atoms with E-state index in [0.717, 1.165) is 0 Å². The summed E-state index contributed by atoms with van der Waals surface area (Å²) in [5.41, 5.74) is 1.23. The van der Waals surface area contributed by atoms with E-state index in [9.17, 15) is 14.9 Å². The average Bonchev–Trinajstić information content (AvgIpc) is 2.47. The van der Waals surface area contributed by atoms with Crippen LogP contribution < -0.4 is 5.32 Å². The van der Waals surface area contributed by atoms with Crippen molar-refractivity contribution in [3.8, 4) is 6.07 Å². The summed E-state index contributed by atoms with van der Waals surface area (Å²) >= 11 is 0. The van der Waals surface area contributed by atoms with Gasteiger partial charge in [0.1, 0.15) is 6.07 Å². The lowest BCUT2D eigenvalue weighted by Crippen LogP contribution is -2.13. The van der Waals surface area contributed by atoms with E-state index in [4.69, 9.17) is 5.26 Å². The Bertz CT molecular complexity index is 763. The molecule has 0 aliphatic heterocycles. The number of benzene rings is 2. The first-order chi connectivity index (χ1) is 10.0. The maximum absolute atomic E-state index is 12.1. The summed E-state index contributed by atoms with van der Waals surface area (Å²) in [4.78, 5) is 22.5. The van der Waals surface area contributed by atoms with Crippen LogP contribution in [0.2, 0.25) is 0 Å². The Morgan fingerprint density at radius 3 is 2.67 bits per heavy atom. The van der Waals surface area contributed by atoms with Crippen molar-refractivity contribution in [3.05, 3.63) is 69.3 Å². The molecule has 1 N–H and O–H groups in total. The van der Waals surface area contributed by atoms with E-state index in [-0.39, 0.29) is 11.3 Å². The van der Waals surface area contributed by atoms with Gasteiger partial charge in [-0.15, -0.1) is 0 Å². The van der Waals surface area contributed by atoms with Crippen molar-refractivity contribution >= 4 is 17.3 Å². The number of nitrogens with zero attached hydrogens (tertiary/aromatic N) is 2. The minimum absolute atomic E-state index is 0.115. The molecule has 6 heteroatoms. The summed E-state index contributed by atoms with van der Waals surface area (Å²) in [6.07, 6.45) is 0. The van der Waals surface area contributed by atoms with Crippen molar-refractivity contribution in [1.29, 1.82) is 5.26 Å². The molecule has 0 fully saturated rings. The lowest BCUT2D eigenvalue weighted by atomic mass is 10.1. The molecule has 104 valence electrons. The standard InChI is InChI=1S/C15H11N3O3/c1-10-6-7-11(8-14(10)18(20)21)15(19)17-13-5-3-2-4-12(13)9-16/h2-8H,1H3,(H,17,19). The highest BCUT2D eigenvalue weighted by Gasteiger charge is 2.15. The third kappa shape index (κ3) is 3.04. The van der Waals surface area contributed by atoms with Gasteiger partial charge in [0.2, 0.25) is 0 Å². The molecule has 2 aromatic rings. The predicted octanol–water partition coefficient (Wildman–Crippen LogP) is 3.03.